The SMILES string of the molecule is O=C(Cn1cnc2ccsc2c1=O)Nc1ccccc1Oc1ccccc1. The van der Waals surface area contributed by atoms with E-state index in [-0.39, 0.29) is 18.0 Å². The molecule has 1 N–H and O–H groups in total. The summed E-state index contributed by atoms with van der Waals surface area (Å²) < 4.78 is 7.68. The molecule has 0 saturated carbocycles. The van der Waals surface area contributed by atoms with E-state index in [9.17, 15) is 9.59 Å². The van der Waals surface area contributed by atoms with Crippen LogP contribution in [0.15, 0.2) is 77.2 Å². The van der Waals surface area contributed by atoms with Gasteiger partial charge in [-0.25, -0.2) is 4.98 Å². The molecule has 0 atom stereocenters. The van der Waals surface area contributed by atoms with E-state index in [1.54, 1.807) is 29.6 Å². The molecule has 0 saturated heterocycles. The van der Waals surface area contributed by atoms with Gasteiger partial charge >= 0.3 is 0 Å². The topological polar surface area (TPSA) is 73.2 Å². The second-order valence-corrected chi connectivity index (χ2v) is 6.69. The minimum Gasteiger partial charge on any atom is -0.455 e. The van der Waals surface area contributed by atoms with Crippen LogP contribution in [-0.2, 0) is 11.3 Å². The maximum Gasteiger partial charge on any atom is 0.271 e. The zero-order valence-electron chi connectivity index (χ0n) is 14.2. The number of anilines is 1. The number of fused-ring (bicyclic) bond motifs is 1. The first kappa shape index (κ1) is 17.0. The normalized spacial score (nSPS) is 10.7. The first-order chi connectivity index (χ1) is 13.2. The van der Waals surface area contributed by atoms with Crippen molar-refractivity contribution in [3.05, 3.63) is 82.7 Å². The van der Waals surface area contributed by atoms with E-state index >= 15 is 0 Å². The highest BCUT2D eigenvalue weighted by Gasteiger charge is 2.12. The fraction of sp³-hybridized carbons (Fsp3) is 0.0500. The summed E-state index contributed by atoms with van der Waals surface area (Å²) in [5, 5.41) is 4.61. The van der Waals surface area contributed by atoms with Gasteiger partial charge < -0.3 is 10.1 Å². The number of carbonyl (C=O) groups excluding carboxylic acids is 1. The largest absolute Gasteiger partial charge is 0.455 e. The van der Waals surface area contributed by atoms with Crippen LogP contribution >= 0.6 is 11.3 Å². The molecule has 2 aromatic carbocycles. The van der Waals surface area contributed by atoms with Crippen LogP contribution in [0.3, 0.4) is 0 Å². The molecule has 4 aromatic rings. The quantitative estimate of drug-likeness (QED) is 0.573. The molecule has 1 amide bonds. The maximum atomic E-state index is 12.5. The fourth-order valence-electron chi connectivity index (χ4n) is 2.61. The van der Waals surface area contributed by atoms with Crippen LogP contribution in [0.5, 0.6) is 11.5 Å². The number of amides is 1. The van der Waals surface area contributed by atoms with Gasteiger partial charge in [0.15, 0.2) is 5.75 Å². The number of ether oxygens (including phenoxy) is 1. The molecule has 134 valence electrons. The van der Waals surface area contributed by atoms with Crippen LogP contribution in [0, 0.1) is 0 Å². The third-order valence-electron chi connectivity index (χ3n) is 3.88. The Morgan fingerprint density at radius 3 is 2.70 bits per heavy atom. The van der Waals surface area contributed by atoms with Gasteiger partial charge in [0.05, 0.1) is 17.5 Å². The van der Waals surface area contributed by atoms with Crippen molar-refractivity contribution in [2.24, 2.45) is 0 Å². The van der Waals surface area contributed by atoms with E-state index in [0.29, 0.717) is 27.4 Å². The van der Waals surface area contributed by atoms with Gasteiger partial charge in [0, 0.05) is 0 Å². The Labute approximate surface area is 158 Å². The lowest BCUT2D eigenvalue weighted by atomic mass is 10.3. The highest BCUT2D eigenvalue weighted by molar-refractivity contribution is 7.17. The van der Waals surface area contributed by atoms with Crippen molar-refractivity contribution >= 4 is 33.1 Å². The van der Waals surface area contributed by atoms with Crippen LogP contribution in [0.1, 0.15) is 0 Å². The predicted octanol–water partition coefficient (Wildman–Crippen LogP) is 3.89. The Morgan fingerprint density at radius 1 is 1.07 bits per heavy atom. The number of hydrogen-bond acceptors (Lipinski definition) is 5. The fourth-order valence-corrected chi connectivity index (χ4v) is 3.40. The number of rotatable bonds is 5. The highest BCUT2D eigenvalue weighted by Crippen LogP contribution is 2.29. The van der Waals surface area contributed by atoms with Gasteiger partial charge in [0.2, 0.25) is 5.91 Å². The zero-order valence-corrected chi connectivity index (χ0v) is 15.0. The van der Waals surface area contributed by atoms with Gasteiger partial charge in [-0.2, -0.15) is 0 Å². The van der Waals surface area contributed by atoms with Crippen molar-refractivity contribution < 1.29 is 9.53 Å². The van der Waals surface area contributed by atoms with Gasteiger partial charge in [0.25, 0.3) is 5.56 Å². The standard InChI is InChI=1S/C20H15N3O3S/c24-18(12-23-13-21-16-10-11-27-19(16)20(23)25)22-15-8-4-5-9-17(15)26-14-6-2-1-3-7-14/h1-11,13H,12H2,(H,22,24). The molecular weight excluding hydrogens is 362 g/mol. The summed E-state index contributed by atoms with van der Waals surface area (Å²) >= 11 is 1.32. The average Bonchev–Trinajstić information content (AvgIpc) is 3.16. The minimum atomic E-state index is -0.334. The third-order valence-corrected chi connectivity index (χ3v) is 4.77. The van der Waals surface area contributed by atoms with Crippen LogP contribution in [0.4, 0.5) is 5.69 Å². The molecule has 0 radical (unpaired) electrons. The number of hydrogen-bond donors (Lipinski definition) is 1. The number of nitrogens with zero attached hydrogens (tertiary/aromatic N) is 2. The smallest absolute Gasteiger partial charge is 0.271 e. The molecule has 0 unspecified atom stereocenters. The second kappa shape index (κ2) is 7.43. The van der Waals surface area contributed by atoms with Gasteiger partial charge in [0.1, 0.15) is 17.0 Å². The number of thiophene rings is 1. The summed E-state index contributed by atoms with van der Waals surface area (Å²) in [4.78, 5) is 29.1. The molecule has 7 heteroatoms. The number of para-hydroxylation sites is 3. The Kier molecular flexibility index (Phi) is 4.67. The summed E-state index contributed by atoms with van der Waals surface area (Å²) in [6.45, 7) is -0.126. The van der Waals surface area contributed by atoms with Gasteiger partial charge in [-0.1, -0.05) is 30.3 Å². The minimum absolute atomic E-state index is 0.126. The summed E-state index contributed by atoms with van der Waals surface area (Å²) in [5.41, 5.74) is 0.951. The van der Waals surface area contributed by atoms with Crippen molar-refractivity contribution in [1.82, 2.24) is 9.55 Å². The van der Waals surface area contributed by atoms with Crippen LogP contribution < -0.4 is 15.6 Å². The molecule has 2 heterocycles. The molecule has 4 rings (SSSR count). The van der Waals surface area contributed by atoms with Crippen molar-refractivity contribution in [1.29, 1.82) is 0 Å². The van der Waals surface area contributed by atoms with E-state index in [0.717, 1.165) is 0 Å². The third kappa shape index (κ3) is 3.73. The first-order valence-electron chi connectivity index (χ1n) is 8.25. The van der Waals surface area contributed by atoms with E-state index < -0.39 is 0 Å². The molecule has 0 spiro atoms. The van der Waals surface area contributed by atoms with Crippen molar-refractivity contribution in [3.63, 3.8) is 0 Å². The lowest BCUT2D eigenvalue weighted by Gasteiger charge is -2.12. The molecule has 2 aromatic heterocycles. The molecule has 0 aliphatic carbocycles. The Bertz CT molecular complexity index is 1150. The molecule has 0 fully saturated rings. The van der Waals surface area contributed by atoms with E-state index in [1.165, 1.54) is 22.2 Å². The monoisotopic (exact) mass is 377 g/mol. The van der Waals surface area contributed by atoms with Gasteiger partial charge in [-0.3, -0.25) is 14.2 Å². The first-order valence-corrected chi connectivity index (χ1v) is 9.13. The maximum absolute atomic E-state index is 12.5. The van der Waals surface area contributed by atoms with Gasteiger partial charge in [-0.05, 0) is 35.7 Å². The second-order valence-electron chi connectivity index (χ2n) is 5.77. The van der Waals surface area contributed by atoms with Crippen LogP contribution in [0.25, 0.3) is 10.2 Å². The van der Waals surface area contributed by atoms with Crippen molar-refractivity contribution in [3.8, 4) is 11.5 Å². The highest BCUT2D eigenvalue weighted by atomic mass is 32.1. The lowest BCUT2D eigenvalue weighted by molar-refractivity contribution is -0.116. The average molecular weight is 377 g/mol. The van der Waals surface area contributed by atoms with Gasteiger partial charge in [-0.15, -0.1) is 11.3 Å². The molecule has 0 aliphatic rings. The van der Waals surface area contributed by atoms with E-state index in [1.807, 2.05) is 36.4 Å². The summed E-state index contributed by atoms with van der Waals surface area (Å²) in [6, 6.07) is 18.2. The van der Waals surface area contributed by atoms with Crippen LogP contribution in [0.2, 0.25) is 0 Å². The van der Waals surface area contributed by atoms with E-state index in [4.69, 9.17) is 4.74 Å². The Balaban J connectivity index is 1.53. The molecule has 27 heavy (non-hydrogen) atoms. The molecule has 0 bridgehead atoms. The number of benzene rings is 2. The molecule has 0 aliphatic heterocycles. The summed E-state index contributed by atoms with van der Waals surface area (Å²) in [6.07, 6.45) is 1.39. The number of aromatic nitrogens is 2. The Morgan fingerprint density at radius 2 is 1.85 bits per heavy atom. The van der Waals surface area contributed by atoms with Crippen molar-refractivity contribution in [2.45, 2.75) is 6.54 Å². The lowest BCUT2D eigenvalue weighted by Crippen LogP contribution is -2.27. The number of nitrogens with one attached hydrogen (secondary N) is 1. The molecular formula is C20H15N3O3S. The van der Waals surface area contributed by atoms with Crippen molar-refractivity contribution in [2.75, 3.05) is 5.32 Å². The summed E-state index contributed by atoms with van der Waals surface area (Å²) in [5.74, 6) is 0.859. The molecule has 6 nitrogen and oxygen atoms in total. The predicted molar refractivity (Wildman–Crippen MR) is 105 cm³/mol. The Hall–Kier alpha value is -3.45. The van der Waals surface area contributed by atoms with E-state index in [2.05, 4.69) is 10.3 Å². The van der Waals surface area contributed by atoms with Crippen LogP contribution in [-0.4, -0.2) is 15.5 Å². The summed E-state index contributed by atoms with van der Waals surface area (Å²) in [7, 11) is 0. The number of carbonyl (C=O) groups is 1. The zero-order chi connectivity index (χ0) is 18.6.